The van der Waals surface area contributed by atoms with Crippen LogP contribution in [0.4, 0.5) is 0 Å². The first-order chi connectivity index (χ1) is 11.1. The van der Waals surface area contributed by atoms with Crippen LogP contribution in [0.15, 0.2) is 0 Å². The number of morpholine rings is 1. The summed E-state index contributed by atoms with van der Waals surface area (Å²) in [6.07, 6.45) is 0.623. The van der Waals surface area contributed by atoms with Gasteiger partial charge in [0.1, 0.15) is 6.61 Å². The van der Waals surface area contributed by atoms with Gasteiger partial charge in [0.05, 0.1) is 25.2 Å². The van der Waals surface area contributed by atoms with Crippen LogP contribution in [0.5, 0.6) is 0 Å². The molecule has 8 heteroatoms. The number of fused-ring (bicyclic) bond motifs is 1. The third-order valence-electron chi connectivity index (χ3n) is 5.15. The van der Waals surface area contributed by atoms with Gasteiger partial charge in [-0.25, -0.2) is 0 Å². The maximum absolute atomic E-state index is 12.6. The van der Waals surface area contributed by atoms with Crippen LogP contribution in [0.2, 0.25) is 0 Å². The Hall–Kier alpha value is -1.67. The van der Waals surface area contributed by atoms with Crippen LogP contribution in [-0.2, 0) is 23.9 Å². The van der Waals surface area contributed by atoms with Gasteiger partial charge in [-0.05, 0) is 6.42 Å². The van der Waals surface area contributed by atoms with Crippen molar-refractivity contribution in [2.24, 2.45) is 11.3 Å². The summed E-state index contributed by atoms with van der Waals surface area (Å²) in [4.78, 5) is 40.0. The summed E-state index contributed by atoms with van der Waals surface area (Å²) < 4.78 is 10.6. The number of hydrogen-bond donors (Lipinski definition) is 1. The monoisotopic (exact) mass is 325 g/mol. The van der Waals surface area contributed by atoms with Gasteiger partial charge in [0.15, 0.2) is 0 Å². The third-order valence-corrected chi connectivity index (χ3v) is 5.15. The van der Waals surface area contributed by atoms with Gasteiger partial charge in [-0.2, -0.15) is 0 Å². The van der Waals surface area contributed by atoms with Crippen LogP contribution < -0.4 is 5.32 Å². The Morgan fingerprint density at radius 1 is 1.35 bits per heavy atom. The minimum Gasteiger partial charge on any atom is -0.381 e. The Balaban J connectivity index is 1.68. The quantitative estimate of drug-likeness (QED) is 0.679. The van der Waals surface area contributed by atoms with E-state index < -0.39 is 5.41 Å². The maximum atomic E-state index is 12.6. The molecule has 3 fully saturated rings. The number of amides is 3. The molecule has 1 N–H and O–H groups in total. The fraction of sp³-hybridized carbons (Fsp3) is 0.800. The Morgan fingerprint density at radius 2 is 2.17 bits per heavy atom. The normalized spacial score (nSPS) is 31.0. The van der Waals surface area contributed by atoms with Gasteiger partial charge in [-0.1, -0.05) is 0 Å². The second kappa shape index (κ2) is 6.45. The van der Waals surface area contributed by atoms with Gasteiger partial charge in [-0.15, -0.1) is 0 Å². The van der Waals surface area contributed by atoms with Gasteiger partial charge >= 0.3 is 0 Å². The van der Waals surface area contributed by atoms with Crippen LogP contribution in [-0.4, -0.2) is 87.2 Å². The zero-order chi connectivity index (χ0) is 16.4. The lowest BCUT2D eigenvalue weighted by atomic mass is 9.73. The number of nitrogens with zero attached hydrogens (tertiary/aromatic N) is 2. The van der Waals surface area contributed by atoms with Crippen LogP contribution in [0.3, 0.4) is 0 Å². The topological polar surface area (TPSA) is 88.2 Å². The van der Waals surface area contributed by atoms with Crippen molar-refractivity contribution in [1.29, 1.82) is 0 Å². The fourth-order valence-electron chi connectivity index (χ4n) is 3.74. The third kappa shape index (κ3) is 2.92. The Morgan fingerprint density at radius 3 is 2.91 bits per heavy atom. The van der Waals surface area contributed by atoms with Crippen molar-refractivity contribution in [3.63, 3.8) is 0 Å². The predicted octanol–water partition coefficient (Wildman–Crippen LogP) is -1.54. The lowest BCUT2D eigenvalue weighted by molar-refractivity contribution is -0.148. The van der Waals surface area contributed by atoms with E-state index in [0.29, 0.717) is 45.9 Å². The molecule has 23 heavy (non-hydrogen) atoms. The lowest BCUT2D eigenvalue weighted by Gasteiger charge is -2.36. The van der Waals surface area contributed by atoms with E-state index in [-0.39, 0.29) is 36.8 Å². The van der Waals surface area contributed by atoms with E-state index in [1.54, 1.807) is 11.9 Å². The first-order valence-corrected chi connectivity index (χ1v) is 8.00. The zero-order valence-corrected chi connectivity index (χ0v) is 13.4. The van der Waals surface area contributed by atoms with Crippen molar-refractivity contribution < 1.29 is 23.9 Å². The molecule has 0 radical (unpaired) electrons. The number of carbonyl (C=O) groups excluding carboxylic acids is 3. The molecule has 3 heterocycles. The molecule has 0 bridgehead atoms. The van der Waals surface area contributed by atoms with Crippen molar-refractivity contribution >= 4 is 17.7 Å². The smallest absolute Gasteiger partial charge is 0.249 e. The number of carbonyl (C=O) groups is 3. The first-order valence-electron chi connectivity index (χ1n) is 8.00. The molecule has 0 aromatic rings. The minimum atomic E-state index is -0.558. The highest BCUT2D eigenvalue weighted by Gasteiger charge is 2.54. The Labute approximate surface area is 135 Å². The molecule has 0 aliphatic carbocycles. The molecule has 0 aromatic heterocycles. The van der Waals surface area contributed by atoms with Gasteiger partial charge < -0.3 is 24.6 Å². The molecule has 3 rings (SSSR count). The second-order valence-corrected chi connectivity index (χ2v) is 6.40. The predicted molar refractivity (Wildman–Crippen MR) is 79.4 cm³/mol. The second-order valence-electron chi connectivity index (χ2n) is 6.40. The molecule has 128 valence electrons. The number of rotatable bonds is 3. The van der Waals surface area contributed by atoms with Crippen LogP contribution in [0.1, 0.15) is 6.42 Å². The van der Waals surface area contributed by atoms with Crippen LogP contribution in [0.25, 0.3) is 0 Å². The Kier molecular flexibility index (Phi) is 4.54. The van der Waals surface area contributed by atoms with E-state index >= 15 is 0 Å². The zero-order valence-electron chi connectivity index (χ0n) is 13.4. The molecule has 0 saturated carbocycles. The fourth-order valence-corrected chi connectivity index (χ4v) is 3.74. The van der Waals surface area contributed by atoms with Crippen molar-refractivity contribution in [2.75, 3.05) is 59.7 Å². The molecule has 3 aliphatic heterocycles. The molecular weight excluding hydrogens is 302 g/mol. The van der Waals surface area contributed by atoms with E-state index in [1.165, 1.54) is 4.90 Å². The number of hydrogen-bond acceptors (Lipinski definition) is 5. The average molecular weight is 325 g/mol. The highest BCUT2D eigenvalue weighted by molar-refractivity contribution is 5.88. The highest BCUT2D eigenvalue weighted by Crippen LogP contribution is 2.42. The van der Waals surface area contributed by atoms with E-state index in [0.717, 1.165) is 0 Å². The number of likely N-dealkylation sites (tertiary alicyclic amines) is 1. The summed E-state index contributed by atoms with van der Waals surface area (Å²) in [6, 6.07) is 0. The van der Waals surface area contributed by atoms with E-state index in [1.807, 2.05) is 0 Å². The summed E-state index contributed by atoms with van der Waals surface area (Å²) in [7, 11) is 1.63. The van der Waals surface area contributed by atoms with Crippen molar-refractivity contribution in [3.05, 3.63) is 0 Å². The van der Waals surface area contributed by atoms with Crippen LogP contribution in [0, 0.1) is 11.3 Å². The molecule has 8 nitrogen and oxygen atoms in total. The SMILES string of the molecule is CNC(=O)[C@]12CCOC[C@H]1CN(C(=O)CN1CCOCC1=O)C2. The van der Waals surface area contributed by atoms with Gasteiger partial charge in [0.25, 0.3) is 0 Å². The largest absolute Gasteiger partial charge is 0.381 e. The molecule has 3 aliphatic rings. The van der Waals surface area contributed by atoms with Crippen molar-refractivity contribution in [1.82, 2.24) is 15.1 Å². The molecule has 2 atom stereocenters. The molecular formula is C15H23N3O5. The molecule has 0 aromatic carbocycles. The highest BCUT2D eigenvalue weighted by atomic mass is 16.5. The summed E-state index contributed by atoms with van der Waals surface area (Å²) >= 11 is 0. The molecule has 3 saturated heterocycles. The molecule has 0 spiro atoms. The summed E-state index contributed by atoms with van der Waals surface area (Å²) in [5.41, 5.74) is -0.558. The number of nitrogens with one attached hydrogen (secondary N) is 1. The van der Waals surface area contributed by atoms with E-state index in [4.69, 9.17) is 9.47 Å². The van der Waals surface area contributed by atoms with Gasteiger partial charge in [0.2, 0.25) is 17.7 Å². The summed E-state index contributed by atoms with van der Waals surface area (Å²) in [5.74, 6) is -0.285. The first kappa shape index (κ1) is 16.2. The van der Waals surface area contributed by atoms with Gasteiger partial charge in [0, 0.05) is 39.2 Å². The van der Waals surface area contributed by atoms with Crippen molar-refractivity contribution in [3.8, 4) is 0 Å². The molecule has 3 amide bonds. The minimum absolute atomic E-state index is 0.0144. The number of ether oxygens (including phenoxy) is 2. The summed E-state index contributed by atoms with van der Waals surface area (Å²) in [6.45, 7) is 2.92. The Bertz CT molecular complexity index is 511. The molecule has 0 unspecified atom stereocenters. The van der Waals surface area contributed by atoms with E-state index in [9.17, 15) is 14.4 Å². The summed E-state index contributed by atoms with van der Waals surface area (Å²) in [5, 5.41) is 2.73. The average Bonchev–Trinajstić information content (AvgIpc) is 2.97. The van der Waals surface area contributed by atoms with Gasteiger partial charge in [-0.3, -0.25) is 14.4 Å². The van der Waals surface area contributed by atoms with E-state index in [2.05, 4.69) is 5.32 Å². The lowest BCUT2D eigenvalue weighted by Crippen LogP contribution is -2.50. The van der Waals surface area contributed by atoms with Crippen LogP contribution >= 0.6 is 0 Å². The van der Waals surface area contributed by atoms with Crippen molar-refractivity contribution in [2.45, 2.75) is 6.42 Å². The standard InChI is InChI=1S/C15H23N3O5/c1-16-14(21)15-2-4-22-8-11(15)6-18(10-15)12(19)7-17-3-5-23-9-13(17)20/h11H,2-10H2,1H3,(H,16,21)/t11-,15+/m1/s1. The maximum Gasteiger partial charge on any atom is 0.249 e.